The van der Waals surface area contributed by atoms with Gasteiger partial charge in [-0.25, -0.2) is 0 Å². The van der Waals surface area contributed by atoms with E-state index in [-0.39, 0.29) is 0 Å². The highest BCUT2D eigenvalue weighted by atomic mass is 14.1. The standard InChI is InChI=1S/C16H24B/c1-3-5-9-12-15(4-2)17-16-13-10-7-6-8-11-14-16/h3-5,9,12,16H,1-2,6-8,10-11,13-14H2/b9-5-,15-12+. The summed E-state index contributed by atoms with van der Waals surface area (Å²) in [5.41, 5.74) is 1.24. The first-order valence-electron chi connectivity index (χ1n) is 6.83. The van der Waals surface area contributed by atoms with Gasteiger partial charge in [0.05, 0.1) is 0 Å². The van der Waals surface area contributed by atoms with Gasteiger partial charge in [-0.05, 0) is 0 Å². The van der Waals surface area contributed by atoms with Crippen LogP contribution in [0.15, 0.2) is 49.0 Å². The highest BCUT2D eigenvalue weighted by Gasteiger charge is 2.13. The average Bonchev–Trinajstić information content (AvgIpc) is 2.30. The summed E-state index contributed by atoms with van der Waals surface area (Å²) >= 11 is 0. The van der Waals surface area contributed by atoms with Gasteiger partial charge in [-0.3, -0.25) is 0 Å². The molecule has 0 bridgehead atoms. The Hall–Kier alpha value is -0.975. The molecule has 0 nitrogen and oxygen atoms in total. The van der Waals surface area contributed by atoms with Crippen LogP contribution < -0.4 is 0 Å². The van der Waals surface area contributed by atoms with E-state index in [0.717, 1.165) is 5.82 Å². The van der Waals surface area contributed by atoms with Gasteiger partial charge in [0, 0.05) is 0 Å². The lowest BCUT2D eigenvalue weighted by Gasteiger charge is -2.19. The molecule has 0 unspecified atom stereocenters. The van der Waals surface area contributed by atoms with Crippen LogP contribution in [0.2, 0.25) is 5.82 Å². The predicted octanol–water partition coefficient (Wildman–Crippen LogP) is 5.04. The smallest absolute Gasteiger partial charge is 0.0996 e. The van der Waals surface area contributed by atoms with E-state index in [4.69, 9.17) is 0 Å². The van der Waals surface area contributed by atoms with E-state index in [1.54, 1.807) is 6.08 Å². The monoisotopic (exact) mass is 227 g/mol. The lowest BCUT2D eigenvalue weighted by molar-refractivity contribution is 0.502. The summed E-state index contributed by atoms with van der Waals surface area (Å²) in [5, 5.41) is 0. The molecule has 0 aromatic rings. The molecule has 0 aromatic carbocycles. The molecule has 1 aliphatic carbocycles. The van der Waals surface area contributed by atoms with Crippen molar-refractivity contribution >= 4 is 7.28 Å². The topological polar surface area (TPSA) is 0 Å². The number of hydrogen-bond acceptors (Lipinski definition) is 0. The third kappa shape index (κ3) is 6.36. The van der Waals surface area contributed by atoms with Crippen molar-refractivity contribution < 1.29 is 0 Å². The summed E-state index contributed by atoms with van der Waals surface area (Å²) in [6, 6.07) is 0. The van der Waals surface area contributed by atoms with E-state index in [2.05, 4.69) is 26.5 Å². The Morgan fingerprint density at radius 3 is 2.18 bits per heavy atom. The van der Waals surface area contributed by atoms with E-state index in [9.17, 15) is 0 Å². The summed E-state index contributed by atoms with van der Waals surface area (Å²) in [4.78, 5) is 0. The third-order valence-electron chi connectivity index (χ3n) is 3.35. The highest BCUT2D eigenvalue weighted by molar-refractivity contribution is 6.48. The van der Waals surface area contributed by atoms with Crippen molar-refractivity contribution in [3.63, 3.8) is 0 Å². The van der Waals surface area contributed by atoms with Crippen LogP contribution in [0.25, 0.3) is 0 Å². The average molecular weight is 227 g/mol. The maximum absolute atomic E-state index is 3.89. The van der Waals surface area contributed by atoms with Crippen molar-refractivity contribution in [1.29, 1.82) is 0 Å². The van der Waals surface area contributed by atoms with Crippen molar-refractivity contribution in [1.82, 2.24) is 0 Å². The molecule has 1 saturated carbocycles. The zero-order chi connectivity index (χ0) is 12.3. The third-order valence-corrected chi connectivity index (χ3v) is 3.35. The van der Waals surface area contributed by atoms with Crippen molar-refractivity contribution in [2.24, 2.45) is 0 Å². The van der Waals surface area contributed by atoms with Crippen LogP contribution in [0.4, 0.5) is 0 Å². The molecular formula is C16H24B. The van der Waals surface area contributed by atoms with Gasteiger partial charge in [-0.15, -0.1) is 0 Å². The van der Waals surface area contributed by atoms with Crippen molar-refractivity contribution in [2.45, 2.75) is 50.8 Å². The molecule has 0 atom stereocenters. The molecular weight excluding hydrogens is 203 g/mol. The number of rotatable bonds is 5. The Balaban J connectivity index is 2.47. The van der Waals surface area contributed by atoms with E-state index in [1.807, 2.05) is 18.2 Å². The van der Waals surface area contributed by atoms with Gasteiger partial charge >= 0.3 is 0 Å². The Morgan fingerprint density at radius 1 is 0.941 bits per heavy atom. The molecule has 91 valence electrons. The second-order valence-corrected chi connectivity index (χ2v) is 4.76. The second-order valence-electron chi connectivity index (χ2n) is 4.76. The Labute approximate surface area is 107 Å². The van der Waals surface area contributed by atoms with Gasteiger partial charge < -0.3 is 0 Å². The molecule has 1 aliphatic rings. The van der Waals surface area contributed by atoms with Crippen LogP contribution >= 0.6 is 0 Å². The van der Waals surface area contributed by atoms with E-state index in [1.165, 1.54) is 50.4 Å². The molecule has 0 amide bonds. The fourth-order valence-electron chi connectivity index (χ4n) is 2.36. The summed E-state index contributed by atoms with van der Waals surface area (Å²) in [6.45, 7) is 7.56. The van der Waals surface area contributed by atoms with Crippen LogP contribution in [0.3, 0.4) is 0 Å². The van der Waals surface area contributed by atoms with Crippen LogP contribution in [0, 0.1) is 0 Å². The van der Waals surface area contributed by atoms with Gasteiger partial charge in [0.2, 0.25) is 0 Å². The van der Waals surface area contributed by atoms with Gasteiger partial charge in [0.25, 0.3) is 0 Å². The highest BCUT2D eigenvalue weighted by Crippen LogP contribution is 2.27. The van der Waals surface area contributed by atoms with Crippen LogP contribution in [-0.4, -0.2) is 7.28 Å². The molecule has 1 radical (unpaired) electrons. The maximum Gasteiger partial charge on any atom is 0.154 e. The fraction of sp³-hybridized carbons (Fsp3) is 0.500. The van der Waals surface area contributed by atoms with Gasteiger partial charge in [-0.1, -0.05) is 99.8 Å². The second kappa shape index (κ2) is 9.10. The van der Waals surface area contributed by atoms with E-state index in [0.29, 0.717) is 0 Å². The molecule has 17 heavy (non-hydrogen) atoms. The summed E-state index contributed by atoms with van der Waals surface area (Å²) in [5.74, 6) is 0.747. The normalized spacial score (nSPS) is 19.6. The fourth-order valence-corrected chi connectivity index (χ4v) is 2.36. The maximum atomic E-state index is 3.89. The molecule has 0 aliphatic heterocycles. The minimum absolute atomic E-state index is 0.747. The molecule has 0 spiro atoms. The van der Waals surface area contributed by atoms with Gasteiger partial charge in [0.1, 0.15) is 0 Å². The largest absolute Gasteiger partial charge is 0.154 e. The zero-order valence-electron chi connectivity index (χ0n) is 10.9. The Morgan fingerprint density at radius 2 is 1.59 bits per heavy atom. The molecule has 1 heteroatoms. The van der Waals surface area contributed by atoms with Crippen LogP contribution in [0.5, 0.6) is 0 Å². The number of hydrogen-bond donors (Lipinski definition) is 0. The van der Waals surface area contributed by atoms with Crippen LogP contribution in [-0.2, 0) is 0 Å². The molecule has 1 rings (SSSR count). The Kier molecular flexibility index (Phi) is 7.54. The summed E-state index contributed by atoms with van der Waals surface area (Å²) in [7, 11) is 2.39. The SMILES string of the molecule is C=C/C=C\C=C(\[B]C1CCCCCCC1)C=C. The Bertz CT molecular complexity index is 278. The first-order chi connectivity index (χ1) is 8.36. The molecule has 1 fully saturated rings. The lowest BCUT2D eigenvalue weighted by Crippen LogP contribution is -2.08. The minimum atomic E-state index is 0.747. The summed E-state index contributed by atoms with van der Waals surface area (Å²) < 4.78 is 0. The molecule has 0 saturated heterocycles. The lowest BCUT2D eigenvalue weighted by atomic mass is 9.55. The first-order valence-corrected chi connectivity index (χ1v) is 6.83. The van der Waals surface area contributed by atoms with E-state index >= 15 is 0 Å². The van der Waals surface area contributed by atoms with Crippen LogP contribution in [0.1, 0.15) is 44.9 Å². The molecule has 0 N–H and O–H groups in total. The predicted molar refractivity (Wildman–Crippen MR) is 79.4 cm³/mol. The minimum Gasteiger partial charge on any atom is -0.0996 e. The quantitative estimate of drug-likeness (QED) is 0.456. The first kappa shape index (κ1) is 14.1. The van der Waals surface area contributed by atoms with E-state index < -0.39 is 0 Å². The van der Waals surface area contributed by atoms with Crippen molar-refractivity contribution in [3.8, 4) is 0 Å². The molecule has 0 aromatic heterocycles. The van der Waals surface area contributed by atoms with Gasteiger partial charge in [0.15, 0.2) is 7.28 Å². The van der Waals surface area contributed by atoms with Crippen molar-refractivity contribution in [3.05, 3.63) is 49.0 Å². The summed E-state index contributed by atoms with van der Waals surface area (Å²) in [6.07, 6.45) is 19.6. The molecule has 0 heterocycles. The zero-order valence-corrected chi connectivity index (χ0v) is 10.9. The van der Waals surface area contributed by atoms with Crippen molar-refractivity contribution in [2.75, 3.05) is 0 Å². The number of allylic oxidation sites excluding steroid dienone is 6. The van der Waals surface area contributed by atoms with Gasteiger partial charge in [-0.2, -0.15) is 0 Å².